The molecule has 0 fully saturated rings. The Balaban J connectivity index is 2.19. The Morgan fingerprint density at radius 3 is 1.69 bits per heavy atom. The average Bonchev–Trinajstić information content (AvgIpc) is 2.72. The second-order valence-electron chi connectivity index (χ2n) is 7.53. The van der Waals surface area contributed by atoms with E-state index in [2.05, 4.69) is 110 Å². The minimum atomic E-state index is -0.653. The molecule has 0 radical (unpaired) electrons. The normalized spacial score (nSPS) is 11.9. The predicted octanol–water partition coefficient (Wildman–Crippen LogP) is 5.73. The maximum absolute atomic E-state index is 5.89. The molecule has 0 saturated carbocycles. The molecule has 0 aliphatic carbocycles. The minimum absolute atomic E-state index is 0.653. The van der Waals surface area contributed by atoms with Crippen molar-refractivity contribution < 1.29 is 4.74 Å². The van der Waals surface area contributed by atoms with Gasteiger partial charge in [-0.15, -0.1) is 0 Å². The first kappa shape index (κ1) is 19.8. The number of hydrogen-bond donors (Lipinski definition) is 0. The van der Waals surface area contributed by atoms with Crippen molar-refractivity contribution in [2.24, 2.45) is 0 Å². The van der Waals surface area contributed by atoms with Gasteiger partial charge >= 0.3 is 0 Å². The van der Waals surface area contributed by atoms with Crippen molar-refractivity contribution in [3.63, 3.8) is 0 Å². The summed E-state index contributed by atoms with van der Waals surface area (Å²) in [4.78, 5) is 0. The Morgan fingerprint density at radius 1 is 0.621 bits per heavy atom. The van der Waals surface area contributed by atoms with E-state index in [0.29, 0.717) is 0 Å². The lowest BCUT2D eigenvalue weighted by molar-refractivity contribution is 0.417. The summed E-state index contributed by atoms with van der Waals surface area (Å²) in [7, 11) is 9.74. The summed E-state index contributed by atoms with van der Waals surface area (Å²) in [5.74, 6) is 0.911. The van der Waals surface area contributed by atoms with Crippen LogP contribution in [-0.4, -0.2) is 44.6 Å². The summed E-state index contributed by atoms with van der Waals surface area (Å²) >= 11 is 0. The minimum Gasteiger partial charge on any atom is -0.496 e. The highest BCUT2D eigenvalue weighted by Crippen LogP contribution is 2.47. The summed E-state index contributed by atoms with van der Waals surface area (Å²) in [6, 6.07) is 26.0. The van der Waals surface area contributed by atoms with Gasteiger partial charge in [-0.05, 0) is 55.8 Å². The maximum atomic E-state index is 5.89. The zero-order valence-electron chi connectivity index (χ0n) is 17.7. The van der Waals surface area contributed by atoms with Crippen molar-refractivity contribution in [3.8, 4) is 16.9 Å². The van der Waals surface area contributed by atoms with Gasteiger partial charge < -0.3 is 4.74 Å². The molecule has 0 spiro atoms. The molecule has 0 bridgehead atoms. The first-order valence-electron chi connectivity index (χ1n) is 9.75. The second-order valence-corrected chi connectivity index (χ2v) is 10.2. The predicted molar refractivity (Wildman–Crippen MR) is 127 cm³/mol. The van der Waals surface area contributed by atoms with Crippen molar-refractivity contribution in [1.29, 1.82) is 0 Å². The van der Waals surface area contributed by atoms with E-state index in [1.54, 1.807) is 7.11 Å². The molecule has 0 heterocycles. The van der Waals surface area contributed by atoms with Crippen molar-refractivity contribution in [1.82, 2.24) is 9.34 Å². The maximum Gasteiger partial charge on any atom is 0.127 e. The lowest BCUT2D eigenvalue weighted by atomic mass is 9.93. The van der Waals surface area contributed by atoms with Gasteiger partial charge in [0, 0.05) is 16.4 Å². The Morgan fingerprint density at radius 2 is 1.14 bits per heavy atom. The monoisotopic (exact) mass is 402 g/mol. The number of methoxy groups -OCH3 is 1. The van der Waals surface area contributed by atoms with E-state index in [9.17, 15) is 0 Å². The zero-order valence-corrected chi connectivity index (χ0v) is 18.6. The molecule has 0 aliphatic heterocycles. The molecule has 0 atom stereocenters. The summed E-state index contributed by atoms with van der Waals surface area (Å²) in [5.41, 5.74) is 2.44. The third-order valence-electron chi connectivity index (χ3n) is 5.24. The summed E-state index contributed by atoms with van der Waals surface area (Å²) < 4.78 is 10.5. The van der Waals surface area contributed by atoms with Crippen LogP contribution in [0.3, 0.4) is 0 Å². The lowest BCUT2D eigenvalue weighted by Crippen LogP contribution is -2.26. The van der Waals surface area contributed by atoms with Gasteiger partial charge in [0.05, 0.1) is 15.3 Å². The van der Waals surface area contributed by atoms with E-state index in [1.807, 2.05) is 0 Å². The van der Waals surface area contributed by atoms with E-state index in [0.717, 1.165) is 5.75 Å². The molecule has 4 rings (SSSR count). The van der Waals surface area contributed by atoms with Crippen LogP contribution in [-0.2, 0) is 0 Å². The Hall–Kier alpha value is -2.45. The number of rotatable bonds is 5. The fourth-order valence-electron chi connectivity index (χ4n) is 4.16. The van der Waals surface area contributed by atoms with Crippen LogP contribution in [0.15, 0.2) is 72.8 Å². The highest BCUT2D eigenvalue weighted by atomic mass is 31.1. The molecule has 4 aromatic carbocycles. The van der Waals surface area contributed by atoms with Crippen LogP contribution < -0.4 is 10.0 Å². The van der Waals surface area contributed by atoms with E-state index >= 15 is 0 Å². The van der Waals surface area contributed by atoms with Gasteiger partial charge in [-0.2, -0.15) is 0 Å². The van der Waals surface area contributed by atoms with Crippen molar-refractivity contribution in [3.05, 3.63) is 72.8 Å². The SMILES string of the molecule is COc1ccc2ccccc2c1-c1c(P(N(C)C)N(C)C)ccc2ccccc12. The summed E-state index contributed by atoms with van der Waals surface area (Å²) in [5, 5.41) is 6.28. The molecule has 0 aliphatic rings. The summed E-state index contributed by atoms with van der Waals surface area (Å²) in [6.45, 7) is 0. The lowest BCUT2D eigenvalue weighted by Gasteiger charge is -2.33. The second kappa shape index (κ2) is 8.12. The molecule has 0 unspecified atom stereocenters. The number of benzene rings is 4. The van der Waals surface area contributed by atoms with Gasteiger partial charge in [-0.25, -0.2) is 0 Å². The highest BCUT2D eigenvalue weighted by Gasteiger charge is 2.25. The van der Waals surface area contributed by atoms with Gasteiger partial charge in [0.2, 0.25) is 0 Å². The van der Waals surface area contributed by atoms with Crippen LogP contribution >= 0.6 is 8.22 Å². The van der Waals surface area contributed by atoms with Gasteiger partial charge in [0.1, 0.15) is 5.75 Å². The van der Waals surface area contributed by atoms with Gasteiger partial charge in [-0.3, -0.25) is 9.34 Å². The van der Waals surface area contributed by atoms with Crippen LogP contribution in [0.25, 0.3) is 32.7 Å². The van der Waals surface area contributed by atoms with E-state index in [4.69, 9.17) is 4.74 Å². The van der Waals surface area contributed by atoms with Crippen molar-refractivity contribution >= 4 is 35.1 Å². The molecule has 148 valence electrons. The third kappa shape index (κ3) is 3.51. The number of nitrogens with zero attached hydrogens (tertiary/aromatic N) is 2. The Labute approximate surface area is 174 Å². The zero-order chi connectivity index (χ0) is 20.5. The molecule has 4 heteroatoms. The Bertz CT molecular complexity index is 1160. The molecular weight excluding hydrogens is 375 g/mol. The van der Waals surface area contributed by atoms with Crippen LogP contribution in [0.2, 0.25) is 0 Å². The first-order valence-corrected chi connectivity index (χ1v) is 11.0. The van der Waals surface area contributed by atoms with Gasteiger partial charge in [0.15, 0.2) is 0 Å². The molecule has 3 nitrogen and oxygen atoms in total. The van der Waals surface area contributed by atoms with E-state index in [-0.39, 0.29) is 0 Å². The van der Waals surface area contributed by atoms with Crippen molar-refractivity contribution in [2.45, 2.75) is 0 Å². The van der Waals surface area contributed by atoms with Gasteiger partial charge in [-0.1, -0.05) is 66.7 Å². The molecule has 0 N–H and O–H groups in total. The van der Waals surface area contributed by atoms with Crippen LogP contribution in [0.4, 0.5) is 0 Å². The smallest absolute Gasteiger partial charge is 0.127 e. The van der Waals surface area contributed by atoms with E-state index < -0.39 is 8.22 Å². The molecule has 0 aromatic heterocycles. The number of fused-ring (bicyclic) bond motifs is 2. The third-order valence-corrected chi connectivity index (χ3v) is 7.56. The molecule has 0 saturated heterocycles. The molecule has 29 heavy (non-hydrogen) atoms. The van der Waals surface area contributed by atoms with Crippen LogP contribution in [0.1, 0.15) is 0 Å². The largest absolute Gasteiger partial charge is 0.496 e. The average molecular weight is 402 g/mol. The topological polar surface area (TPSA) is 15.7 Å². The quantitative estimate of drug-likeness (QED) is 0.397. The molecule has 0 amide bonds. The first-order chi connectivity index (χ1) is 14.0. The fraction of sp³-hybridized carbons (Fsp3) is 0.200. The number of ether oxygens (including phenoxy) is 1. The Kier molecular flexibility index (Phi) is 5.56. The standard InChI is InChI=1S/C25H27N2OP/c1-26(2)29(27(3)4)23-17-15-19-11-7-9-13-21(19)25(23)24-20-12-8-6-10-18(20)14-16-22(24)28-5/h6-17H,1-5H3. The molecule has 4 aromatic rings. The van der Waals surface area contributed by atoms with Crippen LogP contribution in [0.5, 0.6) is 5.75 Å². The van der Waals surface area contributed by atoms with Crippen LogP contribution in [0, 0.1) is 0 Å². The van der Waals surface area contributed by atoms with E-state index in [1.165, 1.54) is 38.0 Å². The highest BCUT2D eigenvalue weighted by molar-refractivity contribution is 7.61. The fourth-order valence-corrected chi connectivity index (χ4v) is 6.38. The van der Waals surface area contributed by atoms with Crippen molar-refractivity contribution in [2.75, 3.05) is 35.3 Å². The van der Waals surface area contributed by atoms with Gasteiger partial charge in [0.25, 0.3) is 0 Å². The number of hydrogen-bond acceptors (Lipinski definition) is 3. The summed E-state index contributed by atoms with van der Waals surface area (Å²) in [6.07, 6.45) is 0. The molecular formula is C25H27N2OP.